The summed E-state index contributed by atoms with van der Waals surface area (Å²) in [6, 6.07) is 6.74. The topological polar surface area (TPSA) is 96.3 Å². The molecule has 3 unspecified atom stereocenters. The van der Waals surface area contributed by atoms with Gasteiger partial charge in [0, 0.05) is 36.9 Å². The first kappa shape index (κ1) is 14.3. The van der Waals surface area contributed by atoms with Crippen LogP contribution in [-0.2, 0) is 0 Å². The number of aliphatic hydroxyl groups excluding tert-OH is 1. The molecule has 0 spiro atoms. The van der Waals surface area contributed by atoms with Gasteiger partial charge in [0.2, 0.25) is 0 Å². The fourth-order valence-corrected chi connectivity index (χ4v) is 2.65. The van der Waals surface area contributed by atoms with Crippen molar-refractivity contribution in [2.75, 3.05) is 25.4 Å². The molecule has 0 saturated carbocycles. The second-order valence-electron chi connectivity index (χ2n) is 5.28. The molecule has 0 aliphatic carbocycles. The first-order valence-corrected chi connectivity index (χ1v) is 6.81. The third kappa shape index (κ3) is 3.45. The minimum atomic E-state index is 0.128. The fourth-order valence-electron chi connectivity index (χ4n) is 2.65. The summed E-state index contributed by atoms with van der Waals surface area (Å²) in [5.74, 6) is 0. The molecule has 1 heterocycles. The van der Waals surface area contributed by atoms with E-state index in [1.807, 2.05) is 19.1 Å². The van der Waals surface area contributed by atoms with Crippen LogP contribution in [-0.4, -0.2) is 36.9 Å². The molecule has 2 rings (SSSR count). The van der Waals surface area contributed by atoms with Crippen LogP contribution in [0.1, 0.15) is 23.6 Å². The van der Waals surface area contributed by atoms with Gasteiger partial charge in [-0.2, -0.15) is 0 Å². The van der Waals surface area contributed by atoms with Crippen molar-refractivity contribution >= 4 is 5.69 Å². The summed E-state index contributed by atoms with van der Waals surface area (Å²) in [7, 11) is 0. The molecular formula is C14H24N4O. The molecule has 0 bridgehead atoms. The largest absolute Gasteiger partial charge is 0.399 e. The normalized spacial score (nSPS) is 24.6. The average molecular weight is 264 g/mol. The van der Waals surface area contributed by atoms with E-state index in [4.69, 9.17) is 16.6 Å². The second-order valence-corrected chi connectivity index (χ2v) is 5.28. The molecule has 0 radical (unpaired) electrons. The Labute approximate surface area is 114 Å². The highest BCUT2D eigenvalue weighted by atomic mass is 16.3. The lowest BCUT2D eigenvalue weighted by Gasteiger charge is -2.26. The highest BCUT2D eigenvalue weighted by Crippen LogP contribution is 2.25. The summed E-state index contributed by atoms with van der Waals surface area (Å²) < 4.78 is 0. The number of nitrogens with one attached hydrogen (secondary N) is 2. The van der Waals surface area contributed by atoms with Gasteiger partial charge in [-0.1, -0.05) is 12.1 Å². The predicted molar refractivity (Wildman–Crippen MR) is 77.8 cm³/mol. The van der Waals surface area contributed by atoms with E-state index < -0.39 is 0 Å². The van der Waals surface area contributed by atoms with Crippen molar-refractivity contribution in [3.05, 3.63) is 29.3 Å². The minimum absolute atomic E-state index is 0.128. The van der Waals surface area contributed by atoms with Gasteiger partial charge in [0.1, 0.15) is 0 Å². The number of benzene rings is 1. The fraction of sp³-hybridized carbons (Fsp3) is 0.571. The van der Waals surface area contributed by atoms with Gasteiger partial charge in [0.15, 0.2) is 0 Å². The maximum Gasteiger partial charge on any atom is 0.0556 e. The number of nitrogens with two attached hydrogens (primary N) is 2. The summed E-state index contributed by atoms with van der Waals surface area (Å²) in [5, 5.41) is 15.9. The van der Waals surface area contributed by atoms with Gasteiger partial charge < -0.3 is 27.2 Å². The summed E-state index contributed by atoms with van der Waals surface area (Å²) >= 11 is 0. The molecule has 3 atom stereocenters. The van der Waals surface area contributed by atoms with Crippen LogP contribution in [0.2, 0.25) is 0 Å². The Morgan fingerprint density at radius 3 is 2.89 bits per heavy atom. The van der Waals surface area contributed by atoms with E-state index >= 15 is 0 Å². The maximum atomic E-state index is 9.03. The lowest BCUT2D eigenvalue weighted by Crippen LogP contribution is -2.39. The zero-order valence-electron chi connectivity index (χ0n) is 11.4. The Morgan fingerprint density at radius 2 is 2.32 bits per heavy atom. The van der Waals surface area contributed by atoms with Gasteiger partial charge in [0.25, 0.3) is 0 Å². The molecule has 1 fully saturated rings. The summed E-state index contributed by atoms with van der Waals surface area (Å²) in [6.07, 6.45) is 0.937. The van der Waals surface area contributed by atoms with Gasteiger partial charge in [-0.15, -0.1) is 0 Å². The van der Waals surface area contributed by atoms with E-state index in [0.29, 0.717) is 12.6 Å². The highest BCUT2D eigenvalue weighted by Gasteiger charge is 2.29. The van der Waals surface area contributed by atoms with E-state index in [9.17, 15) is 0 Å². The molecule has 1 aliphatic heterocycles. The van der Waals surface area contributed by atoms with Crippen LogP contribution >= 0.6 is 0 Å². The Kier molecular flexibility index (Phi) is 4.76. The number of aryl methyl sites for hydroxylation is 1. The van der Waals surface area contributed by atoms with Crippen LogP contribution in [0.25, 0.3) is 0 Å². The van der Waals surface area contributed by atoms with Crippen LogP contribution in [0.3, 0.4) is 0 Å². The molecule has 1 aromatic rings. The molecule has 19 heavy (non-hydrogen) atoms. The van der Waals surface area contributed by atoms with Gasteiger partial charge in [-0.3, -0.25) is 0 Å². The van der Waals surface area contributed by atoms with Crippen molar-refractivity contribution < 1.29 is 5.11 Å². The van der Waals surface area contributed by atoms with E-state index in [0.717, 1.165) is 24.2 Å². The number of aliphatic hydroxyl groups is 1. The maximum absolute atomic E-state index is 9.03. The monoisotopic (exact) mass is 264 g/mol. The number of hydrogen-bond donors (Lipinski definition) is 5. The summed E-state index contributed by atoms with van der Waals surface area (Å²) in [6.45, 7) is 3.55. The number of nitrogen functional groups attached to an aromatic ring is 1. The zero-order valence-corrected chi connectivity index (χ0v) is 11.4. The van der Waals surface area contributed by atoms with Gasteiger partial charge >= 0.3 is 0 Å². The van der Waals surface area contributed by atoms with E-state index in [-0.39, 0.29) is 18.7 Å². The lowest BCUT2D eigenvalue weighted by atomic mass is 9.95. The molecule has 0 aromatic heterocycles. The lowest BCUT2D eigenvalue weighted by molar-refractivity contribution is 0.276. The van der Waals surface area contributed by atoms with Gasteiger partial charge in [-0.05, 0) is 30.5 Å². The van der Waals surface area contributed by atoms with Crippen molar-refractivity contribution in [2.24, 2.45) is 5.73 Å². The first-order valence-electron chi connectivity index (χ1n) is 6.81. The highest BCUT2D eigenvalue weighted by molar-refractivity contribution is 5.48. The third-order valence-electron chi connectivity index (χ3n) is 3.73. The molecule has 5 heteroatoms. The van der Waals surface area contributed by atoms with E-state index in [1.165, 1.54) is 5.56 Å². The number of rotatable bonds is 5. The van der Waals surface area contributed by atoms with E-state index in [2.05, 4.69) is 16.7 Å². The average Bonchev–Trinajstić information content (AvgIpc) is 2.80. The summed E-state index contributed by atoms with van der Waals surface area (Å²) in [4.78, 5) is 0. The van der Waals surface area contributed by atoms with Crippen LogP contribution in [0.4, 0.5) is 5.69 Å². The first-order chi connectivity index (χ1) is 9.11. The van der Waals surface area contributed by atoms with E-state index in [1.54, 1.807) is 0 Å². The predicted octanol–water partition coefficient (Wildman–Crippen LogP) is -0.111. The molecule has 1 saturated heterocycles. The molecule has 0 amide bonds. The van der Waals surface area contributed by atoms with Crippen molar-refractivity contribution in [2.45, 2.75) is 31.5 Å². The minimum Gasteiger partial charge on any atom is -0.399 e. The number of hydrogen-bond acceptors (Lipinski definition) is 5. The van der Waals surface area contributed by atoms with Crippen LogP contribution in [0.5, 0.6) is 0 Å². The van der Waals surface area contributed by atoms with Crippen LogP contribution < -0.4 is 22.1 Å². The number of anilines is 1. The van der Waals surface area contributed by atoms with Gasteiger partial charge in [-0.25, -0.2) is 0 Å². The summed E-state index contributed by atoms with van der Waals surface area (Å²) in [5.41, 5.74) is 14.9. The molecule has 106 valence electrons. The molecule has 7 N–H and O–H groups in total. The Morgan fingerprint density at radius 1 is 1.53 bits per heavy atom. The van der Waals surface area contributed by atoms with Crippen LogP contribution in [0, 0.1) is 6.92 Å². The molecular weight excluding hydrogens is 240 g/mol. The van der Waals surface area contributed by atoms with Gasteiger partial charge in [0.05, 0.1) is 6.61 Å². The van der Waals surface area contributed by atoms with Crippen molar-refractivity contribution in [1.29, 1.82) is 0 Å². The molecule has 1 aliphatic rings. The van der Waals surface area contributed by atoms with Crippen molar-refractivity contribution in [3.63, 3.8) is 0 Å². The zero-order chi connectivity index (χ0) is 13.8. The van der Waals surface area contributed by atoms with Crippen LogP contribution in [0.15, 0.2) is 18.2 Å². The smallest absolute Gasteiger partial charge is 0.0556 e. The Hall–Kier alpha value is -1.14. The Bertz CT molecular complexity index is 424. The molecule has 1 aromatic carbocycles. The SMILES string of the molecule is Cc1cc(C(NCCO)C2CC(N)CN2)ccc1N. The third-order valence-corrected chi connectivity index (χ3v) is 3.73. The van der Waals surface area contributed by atoms with Crippen molar-refractivity contribution in [1.82, 2.24) is 10.6 Å². The quantitative estimate of drug-likeness (QED) is 0.478. The van der Waals surface area contributed by atoms with Crippen molar-refractivity contribution in [3.8, 4) is 0 Å². The molecule has 5 nitrogen and oxygen atoms in total. The Balaban J connectivity index is 2.18. The second kappa shape index (κ2) is 6.34. The standard InChI is InChI=1S/C14H24N4O/c1-9-6-10(2-3-12(9)16)14(17-4-5-19)13-7-11(15)8-18-13/h2-3,6,11,13-14,17-19H,4-5,7-8,15-16H2,1H3.